The molecule has 1 rings (SSSR count). The van der Waals surface area contributed by atoms with Crippen LogP contribution >= 0.6 is 15.9 Å². The van der Waals surface area contributed by atoms with Gasteiger partial charge in [-0.2, -0.15) is 0 Å². The van der Waals surface area contributed by atoms with E-state index in [2.05, 4.69) is 28.9 Å². The third-order valence-corrected chi connectivity index (χ3v) is 6.85. The molecular formula is C20H33BrO4. The molecule has 0 bridgehead atoms. The quantitative estimate of drug-likeness (QED) is 0.360. The van der Waals surface area contributed by atoms with Crippen molar-refractivity contribution in [2.75, 3.05) is 6.61 Å². The summed E-state index contributed by atoms with van der Waals surface area (Å²) in [5, 5.41) is 10.6. The van der Waals surface area contributed by atoms with Gasteiger partial charge in [0.2, 0.25) is 0 Å². The maximum absolute atomic E-state index is 12.9. The summed E-state index contributed by atoms with van der Waals surface area (Å²) in [5.74, 6) is -0.730. The molecule has 0 aliphatic carbocycles. The molecule has 0 aromatic carbocycles. The molecule has 1 aliphatic rings. The van der Waals surface area contributed by atoms with Crippen molar-refractivity contribution < 1.29 is 19.4 Å². The molecule has 144 valence electrons. The molecule has 0 saturated carbocycles. The molecule has 0 saturated heterocycles. The Morgan fingerprint density at radius 3 is 2.56 bits per heavy atom. The number of halogens is 1. The van der Waals surface area contributed by atoms with Crippen LogP contribution in [-0.4, -0.2) is 34.4 Å². The first-order chi connectivity index (χ1) is 11.6. The van der Waals surface area contributed by atoms with Crippen LogP contribution in [0.5, 0.6) is 0 Å². The van der Waals surface area contributed by atoms with Crippen LogP contribution in [0.15, 0.2) is 11.6 Å². The summed E-state index contributed by atoms with van der Waals surface area (Å²) in [7, 11) is 0. The van der Waals surface area contributed by atoms with E-state index in [4.69, 9.17) is 4.74 Å². The minimum Gasteiger partial charge on any atom is -0.465 e. The smallest absolute Gasteiger partial charge is 0.306 e. The molecule has 0 amide bonds. The lowest BCUT2D eigenvalue weighted by molar-refractivity contribution is -0.144. The van der Waals surface area contributed by atoms with Crippen LogP contribution in [0, 0.1) is 17.3 Å². The molecule has 0 aromatic rings. The fourth-order valence-electron chi connectivity index (χ4n) is 3.30. The zero-order chi connectivity index (χ0) is 19.2. The third-order valence-electron chi connectivity index (χ3n) is 5.38. The van der Waals surface area contributed by atoms with Gasteiger partial charge in [-0.05, 0) is 38.5 Å². The van der Waals surface area contributed by atoms with Gasteiger partial charge in [-0.15, -0.1) is 0 Å². The van der Waals surface area contributed by atoms with Gasteiger partial charge in [-0.1, -0.05) is 55.3 Å². The van der Waals surface area contributed by atoms with Crippen molar-refractivity contribution >= 4 is 27.7 Å². The Kier molecular flexibility index (Phi) is 8.82. The minimum absolute atomic E-state index is 0.0234. The van der Waals surface area contributed by atoms with Crippen molar-refractivity contribution in [3.05, 3.63) is 11.6 Å². The Balaban J connectivity index is 2.97. The molecule has 0 radical (unpaired) electrons. The highest BCUT2D eigenvalue weighted by molar-refractivity contribution is 9.09. The molecule has 5 heteroatoms. The number of rotatable bonds is 0. The highest BCUT2D eigenvalue weighted by Crippen LogP contribution is 2.35. The second-order valence-electron chi connectivity index (χ2n) is 7.97. The van der Waals surface area contributed by atoms with Crippen molar-refractivity contribution in [3.8, 4) is 0 Å². The average Bonchev–Trinajstić information content (AvgIpc) is 2.55. The number of ether oxygens (including phenoxy) is 1. The summed E-state index contributed by atoms with van der Waals surface area (Å²) in [4.78, 5) is 24.6. The second kappa shape index (κ2) is 9.86. The van der Waals surface area contributed by atoms with Crippen LogP contribution in [0.2, 0.25) is 0 Å². The number of cyclic esters (lactones) is 1. The van der Waals surface area contributed by atoms with Gasteiger partial charge in [0.25, 0.3) is 0 Å². The van der Waals surface area contributed by atoms with E-state index >= 15 is 0 Å². The van der Waals surface area contributed by atoms with E-state index < -0.39 is 17.4 Å². The van der Waals surface area contributed by atoms with Crippen LogP contribution in [0.25, 0.3) is 0 Å². The van der Waals surface area contributed by atoms with Crippen LogP contribution in [0.4, 0.5) is 0 Å². The number of alkyl halides is 1. The molecule has 0 aromatic heterocycles. The molecule has 4 nitrogen and oxygen atoms in total. The SMILES string of the molecule is C/C1=C/CCOC(=O)C[C@H](Br)C(C)(C)C(=O)[C@H](C)[C@@H](O)[C@@H](C)CCC1. The van der Waals surface area contributed by atoms with E-state index in [0.717, 1.165) is 19.3 Å². The third kappa shape index (κ3) is 6.52. The maximum atomic E-state index is 12.9. The first-order valence-electron chi connectivity index (χ1n) is 9.25. The second-order valence-corrected chi connectivity index (χ2v) is 9.07. The predicted octanol–water partition coefficient (Wildman–Crippen LogP) is 4.43. The summed E-state index contributed by atoms with van der Waals surface area (Å²) in [6.45, 7) is 9.89. The van der Waals surface area contributed by atoms with Crippen molar-refractivity contribution in [2.24, 2.45) is 17.3 Å². The van der Waals surface area contributed by atoms with Crippen LogP contribution in [0.3, 0.4) is 0 Å². The topological polar surface area (TPSA) is 63.6 Å². The van der Waals surface area contributed by atoms with Gasteiger partial charge in [-0.3, -0.25) is 9.59 Å². The van der Waals surface area contributed by atoms with Gasteiger partial charge in [0.05, 0.1) is 19.1 Å². The predicted molar refractivity (Wildman–Crippen MR) is 104 cm³/mol. The lowest BCUT2D eigenvalue weighted by atomic mass is 9.74. The van der Waals surface area contributed by atoms with E-state index in [1.54, 1.807) is 6.92 Å². The van der Waals surface area contributed by atoms with Crippen LogP contribution in [-0.2, 0) is 14.3 Å². The van der Waals surface area contributed by atoms with Crippen molar-refractivity contribution in [3.63, 3.8) is 0 Å². The summed E-state index contributed by atoms with van der Waals surface area (Å²) in [6.07, 6.45) is 5.12. The van der Waals surface area contributed by atoms with E-state index in [1.165, 1.54) is 5.57 Å². The van der Waals surface area contributed by atoms with E-state index in [0.29, 0.717) is 13.0 Å². The van der Waals surface area contributed by atoms with Crippen LogP contribution < -0.4 is 0 Å². The van der Waals surface area contributed by atoms with Gasteiger partial charge in [0.1, 0.15) is 5.78 Å². The zero-order valence-corrected chi connectivity index (χ0v) is 17.8. The summed E-state index contributed by atoms with van der Waals surface area (Å²) >= 11 is 3.50. The molecule has 0 unspecified atom stereocenters. The number of hydrogen-bond acceptors (Lipinski definition) is 4. The summed E-state index contributed by atoms with van der Waals surface area (Å²) in [6, 6.07) is 0. The highest BCUT2D eigenvalue weighted by atomic mass is 79.9. The molecule has 1 aliphatic heterocycles. The number of allylic oxidation sites excluding steroid dienone is 1. The van der Waals surface area contributed by atoms with Gasteiger partial charge in [-0.25, -0.2) is 0 Å². The Bertz CT molecular complexity index is 498. The molecular weight excluding hydrogens is 384 g/mol. The Hall–Kier alpha value is -0.680. The molecule has 1 N–H and O–H groups in total. The normalized spacial score (nSPS) is 35.6. The molecule has 25 heavy (non-hydrogen) atoms. The number of carbonyl (C=O) groups is 2. The monoisotopic (exact) mass is 416 g/mol. The summed E-state index contributed by atoms with van der Waals surface area (Å²) in [5.41, 5.74) is 0.514. The standard InChI is InChI=1S/C20H33BrO4/c1-13-8-6-10-14(2)18(23)15(3)19(24)20(4,5)16(21)12-17(22)25-11-7-9-13/h9,14-16,18,23H,6-8,10-12H2,1-5H3/b13-9-/t14-,15+,16-,18-/m0/s1. The van der Waals surface area contributed by atoms with E-state index in [-0.39, 0.29) is 28.9 Å². The van der Waals surface area contributed by atoms with Crippen LogP contribution in [0.1, 0.15) is 66.7 Å². The number of esters is 1. The van der Waals surface area contributed by atoms with Gasteiger partial charge >= 0.3 is 5.97 Å². The van der Waals surface area contributed by atoms with Gasteiger partial charge in [0.15, 0.2) is 0 Å². The van der Waals surface area contributed by atoms with E-state index in [9.17, 15) is 14.7 Å². The molecule has 1 heterocycles. The van der Waals surface area contributed by atoms with Crippen molar-refractivity contribution in [1.29, 1.82) is 0 Å². The Labute approximate surface area is 160 Å². The average molecular weight is 417 g/mol. The lowest BCUT2D eigenvalue weighted by Gasteiger charge is -2.34. The lowest BCUT2D eigenvalue weighted by Crippen LogP contribution is -2.43. The minimum atomic E-state index is -0.757. The fourth-order valence-corrected chi connectivity index (χ4v) is 3.79. The number of Topliss-reactive ketones (excluding diaryl/α,β-unsaturated/α-hetero) is 1. The molecule has 4 atom stereocenters. The number of aliphatic hydroxyl groups excluding tert-OH is 1. The Morgan fingerprint density at radius 1 is 1.28 bits per heavy atom. The number of ketones is 1. The molecule has 0 fully saturated rings. The van der Waals surface area contributed by atoms with Crippen molar-refractivity contribution in [1.82, 2.24) is 0 Å². The fraction of sp³-hybridized carbons (Fsp3) is 0.800. The number of carbonyl (C=O) groups excluding carboxylic acids is 2. The van der Waals surface area contributed by atoms with E-state index in [1.807, 2.05) is 20.8 Å². The maximum Gasteiger partial charge on any atom is 0.306 e. The van der Waals surface area contributed by atoms with Gasteiger partial charge in [0, 0.05) is 16.2 Å². The first-order valence-corrected chi connectivity index (χ1v) is 10.2. The molecule has 0 spiro atoms. The number of hydrogen-bond donors (Lipinski definition) is 1. The number of aliphatic hydroxyl groups is 1. The first kappa shape index (κ1) is 22.4. The van der Waals surface area contributed by atoms with Gasteiger partial charge < -0.3 is 9.84 Å². The zero-order valence-electron chi connectivity index (χ0n) is 16.2. The van der Waals surface area contributed by atoms with Crippen molar-refractivity contribution in [2.45, 2.75) is 77.7 Å². The largest absolute Gasteiger partial charge is 0.465 e. The Morgan fingerprint density at radius 2 is 1.92 bits per heavy atom. The summed E-state index contributed by atoms with van der Waals surface area (Å²) < 4.78 is 5.28. The highest BCUT2D eigenvalue weighted by Gasteiger charge is 2.41.